The van der Waals surface area contributed by atoms with Crippen LogP contribution in [0.25, 0.3) is 0 Å². The van der Waals surface area contributed by atoms with Crippen molar-refractivity contribution in [2.24, 2.45) is 11.5 Å². The van der Waals surface area contributed by atoms with Crippen molar-refractivity contribution in [3.63, 3.8) is 0 Å². The molecular weight excluding hydrogens is 294 g/mol. The zero-order valence-corrected chi connectivity index (χ0v) is 12.4. The number of nitrogens with two attached hydrogens (primary N) is 2. The van der Waals surface area contributed by atoms with Crippen LogP contribution in [0, 0.1) is 0 Å². The fraction of sp³-hybridized carbons (Fsp3) is 0.462. The molecule has 4 N–H and O–H groups in total. The summed E-state index contributed by atoms with van der Waals surface area (Å²) in [7, 11) is 1.87. The van der Waals surface area contributed by atoms with Gasteiger partial charge in [-0.3, -0.25) is 9.69 Å². The van der Waals surface area contributed by atoms with Crippen molar-refractivity contribution in [3.05, 3.63) is 34.3 Å². The van der Waals surface area contributed by atoms with Crippen molar-refractivity contribution in [1.82, 2.24) is 4.90 Å². The maximum absolute atomic E-state index is 11.0. The lowest BCUT2D eigenvalue weighted by Gasteiger charge is -2.32. The normalized spacial score (nSPS) is 14.5. The van der Waals surface area contributed by atoms with Gasteiger partial charge >= 0.3 is 0 Å². The second kappa shape index (κ2) is 6.87. The Balaban J connectivity index is 2.97. The molecule has 1 amide bonds. The van der Waals surface area contributed by atoms with E-state index in [2.05, 4.69) is 15.9 Å². The first kappa shape index (κ1) is 15.1. The summed E-state index contributed by atoms with van der Waals surface area (Å²) in [5.74, 6) is -0.345. The van der Waals surface area contributed by atoms with E-state index in [1.165, 1.54) is 0 Å². The molecule has 0 spiro atoms. The van der Waals surface area contributed by atoms with Gasteiger partial charge in [0, 0.05) is 10.5 Å². The van der Waals surface area contributed by atoms with Crippen LogP contribution in [0.4, 0.5) is 0 Å². The smallest absolute Gasteiger partial charge is 0.231 e. The Labute approximate surface area is 116 Å². The number of benzene rings is 1. The van der Waals surface area contributed by atoms with E-state index in [0.29, 0.717) is 0 Å². The number of carbonyl (C=O) groups is 1. The van der Waals surface area contributed by atoms with Crippen LogP contribution in [0.3, 0.4) is 0 Å². The van der Waals surface area contributed by atoms with Crippen LogP contribution in [-0.4, -0.2) is 30.4 Å². The fourth-order valence-electron chi connectivity index (χ4n) is 2.06. The minimum Gasteiger partial charge on any atom is -0.369 e. The second-order valence-corrected chi connectivity index (χ2v) is 5.37. The van der Waals surface area contributed by atoms with Crippen molar-refractivity contribution >= 4 is 21.8 Å². The lowest BCUT2D eigenvalue weighted by atomic mass is 9.97. The highest BCUT2D eigenvalue weighted by Gasteiger charge is 2.23. The summed E-state index contributed by atoms with van der Waals surface area (Å²) in [6, 6.07) is 7.95. The second-order valence-electron chi connectivity index (χ2n) is 4.45. The Morgan fingerprint density at radius 2 is 1.94 bits per heavy atom. The molecule has 0 fully saturated rings. The highest BCUT2D eigenvalue weighted by Crippen LogP contribution is 2.25. The van der Waals surface area contributed by atoms with Crippen molar-refractivity contribution in [3.8, 4) is 0 Å². The summed E-state index contributed by atoms with van der Waals surface area (Å²) < 4.78 is 1.02. The minimum atomic E-state index is -0.345. The van der Waals surface area contributed by atoms with E-state index in [1.807, 2.05) is 43.1 Å². The summed E-state index contributed by atoms with van der Waals surface area (Å²) in [6.07, 6.45) is 0.837. The van der Waals surface area contributed by atoms with E-state index in [0.717, 1.165) is 16.5 Å². The molecule has 2 atom stereocenters. The lowest BCUT2D eigenvalue weighted by Crippen LogP contribution is -2.42. The average molecular weight is 314 g/mol. The minimum absolute atomic E-state index is 0.00407. The van der Waals surface area contributed by atoms with Gasteiger partial charge in [0.1, 0.15) is 0 Å². The number of hydrogen-bond donors (Lipinski definition) is 2. The molecule has 0 aliphatic carbocycles. The number of amides is 1. The number of likely N-dealkylation sites (N-methyl/N-ethyl adjacent to an activating group) is 1. The molecule has 0 bridgehead atoms. The van der Waals surface area contributed by atoms with Gasteiger partial charge in [0.25, 0.3) is 0 Å². The first-order valence-electron chi connectivity index (χ1n) is 5.95. The van der Waals surface area contributed by atoms with E-state index < -0.39 is 0 Å². The Hall–Kier alpha value is -0.910. The van der Waals surface area contributed by atoms with Gasteiger partial charge in [-0.15, -0.1) is 0 Å². The van der Waals surface area contributed by atoms with Gasteiger partial charge in [-0.2, -0.15) is 0 Å². The third-order valence-electron chi connectivity index (χ3n) is 2.97. The van der Waals surface area contributed by atoms with Gasteiger partial charge in [-0.25, -0.2) is 0 Å². The van der Waals surface area contributed by atoms with Crippen LogP contribution in [0.2, 0.25) is 0 Å². The molecule has 0 aliphatic heterocycles. The van der Waals surface area contributed by atoms with Crippen molar-refractivity contribution in [1.29, 1.82) is 0 Å². The summed E-state index contributed by atoms with van der Waals surface area (Å²) in [4.78, 5) is 12.9. The summed E-state index contributed by atoms with van der Waals surface area (Å²) in [5, 5.41) is 0. The Morgan fingerprint density at radius 3 is 2.39 bits per heavy atom. The Kier molecular flexibility index (Phi) is 5.78. The van der Waals surface area contributed by atoms with Crippen LogP contribution >= 0.6 is 15.9 Å². The molecule has 1 rings (SSSR count). The molecule has 100 valence electrons. The molecule has 0 radical (unpaired) electrons. The van der Waals surface area contributed by atoms with E-state index in [-0.39, 0.29) is 24.5 Å². The Morgan fingerprint density at radius 1 is 1.39 bits per heavy atom. The highest BCUT2D eigenvalue weighted by molar-refractivity contribution is 9.10. The van der Waals surface area contributed by atoms with Gasteiger partial charge in [0.05, 0.1) is 12.6 Å². The van der Waals surface area contributed by atoms with Gasteiger partial charge in [0.15, 0.2) is 0 Å². The van der Waals surface area contributed by atoms with E-state index in [4.69, 9.17) is 11.5 Å². The monoisotopic (exact) mass is 313 g/mol. The standard InChI is InChI=1S/C13H20BrN3O/c1-3-11(15)13(17(2)8-12(16)18)9-4-6-10(14)7-5-9/h4-7,11,13H,3,8,15H2,1-2H3,(H2,16,18). The molecular formula is C13H20BrN3O. The molecule has 1 aromatic carbocycles. The highest BCUT2D eigenvalue weighted by atomic mass is 79.9. The molecule has 18 heavy (non-hydrogen) atoms. The van der Waals surface area contributed by atoms with Crippen LogP contribution in [-0.2, 0) is 4.79 Å². The first-order chi connectivity index (χ1) is 8.45. The molecule has 4 nitrogen and oxygen atoms in total. The summed E-state index contributed by atoms with van der Waals surface area (Å²) >= 11 is 3.41. The molecule has 0 saturated carbocycles. The maximum Gasteiger partial charge on any atom is 0.231 e. The number of halogens is 1. The van der Waals surface area contributed by atoms with Crippen LogP contribution in [0.5, 0.6) is 0 Å². The summed E-state index contributed by atoms with van der Waals surface area (Å²) in [5.41, 5.74) is 12.5. The number of carbonyl (C=O) groups excluding carboxylic acids is 1. The van der Waals surface area contributed by atoms with Crippen molar-refractivity contribution in [2.45, 2.75) is 25.4 Å². The van der Waals surface area contributed by atoms with Crippen LogP contribution < -0.4 is 11.5 Å². The molecule has 2 unspecified atom stereocenters. The summed E-state index contributed by atoms with van der Waals surface area (Å²) in [6.45, 7) is 2.24. The van der Waals surface area contributed by atoms with Gasteiger partial charge < -0.3 is 11.5 Å². The zero-order chi connectivity index (χ0) is 13.7. The van der Waals surface area contributed by atoms with Crippen molar-refractivity contribution < 1.29 is 4.79 Å². The number of nitrogens with zero attached hydrogens (tertiary/aromatic N) is 1. The quantitative estimate of drug-likeness (QED) is 0.838. The molecule has 0 heterocycles. The predicted octanol–water partition coefficient (Wildman–Crippen LogP) is 1.64. The van der Waals surface area contributed by atoms with Crippen molar-refractivity contribution in [2.75, 3.05) is 13.6 Å². The van der Waals surface area contributed by atoms with E-state index >= 15 is 0 Å². The molecule has 0 saturated heterocycles. The number of primary amides is 1. The molecule has 5 heteroatoms. The Bertz CT molecular complexity index is 394. The fourth-order valence-corrected chi connectivity index (χ4v) is 2.32. The number of rotatable bonds is 6. The van der Waals surface area contributed by atoms with Crippen LogP contribution in [0.1, 0.15) is 24.9 Å². The third-order valence-corrected chi connectivity index (χ3v) is 3.50. The van der Waals surface area contributed by atoms with Crippen LogP contribution in [0.15, 0.2) is 28.7 Å². The first-order valence-corrected chi connectivity index (χ1v) is 6.74. The van der Waals surface area contributed by atoms with Gasteiger partial charge in [-0.1, -0.05) is 35.0 Å². The SMILES string of the molecule is CCC(N)C(c1ccc(Br)cc1)N(C)CC(N)=O. The third kappa shape index (κ3) is 4.08. The topological polar surface area (TPSA) is 72.3 Å². The number of hydrogen-bond acceptors (Lipinski definition) is 3. The lowest BCUT2D eigenvalue weighted by molar-refractivity contribution is -0.119. The van der Waals surface area contributed by atoms with Gasteiger partial charge in [0.2, 0.25) is 5.91 Å². The predicted molar refractivity (Wildman–Crippen MR) is 77.0 cm³/mol. The zero-order valence-electron chi connectivity index (χ0n) is 10.8. The molecule has 0 aromatic heterocycles. The van der Waals surface area contributed by atoms with Gasteiger partial charge in [-0.05, 0) is 31.2 Å². The average Bonchev–Trinajstić information content (AvgIpc) is 2.30. The van der Waals surface area contributed by atoms with E-state index in [1.54, 1.807) is 0 Å². The molecule has 1 aromatic rings. The molecule has 0 aliphatic rings. The van der Waals surface area contributed by atoms with E-state index in [9.17, 15) is 4.79 Å². The largest absolute Gasteiger partial charge is 0.369 e. The maximum atomic E-state index is 11.0.